The second kappa shape index (κ2) is 8.79. The van der Waals surface area contributed by atoms with Gasteiger partial charge in [-0.25, -0.2) is 0 Å². The highest BCUT2D eigenvalue weighted by molar-refractivity contribution is 5.38. The summed E-state index contributed by atoms with van der Waals surface area (Å²) in [5.74, 6) is 0.955. The van der Waals surface area contributed by atoms with Crippen molar-refractivity contribution >= 4 is 0 Å². The molecule has 2 unspecified atom stereocenters. The summed E-state index contributed by atoms with van der Waals surface area (Å²) in [5.41, 5.74) is 5.21. The van der Waals surface area contributed by atoms with Gasteiger partial charge in [-0.05, 0) is 78.8 Å². The van der Waals surface area contributed by atoms with Gasteiger partial charge in [0.15, 0.2) is 0 Å². The van der Waals surface area contributed by atoms with E-state index < -0.39 is 18.3 Å². The van der Waals surface area contributed by atoms with Crippen LogP contribution < -0.4 is 4.74 Å². The lowest BCUT2D eigenvalue weighted by Gasteiger charge is -2.53. The second-order valence-electron chi connectivity index (χ2n) is 10.1. The molecule has 1 saturated heterocycles. The summed E-state index contributed by atoms with van der Waals surface area (Å²) in [6.07, 6.45) is 5.01. The molecule has 5 rings (SSSR count). The molecule has 0 bridgehead atoms. The molecule has 172 valence electrons. The molecule has 3 aliphatic rings. The van der Waals surface area contributed by atoms with Crippen molar-refractivity contribution in [3.8, 4) is 5.75 Å². The summed E-state index contributed by atoms with van der Waals surface area (Å²) < 4.78 is 12.0. The highest BCUT2D eigenvalue weighted by Gasteiger charge is 2.49. The molecule has 1 aliphatic heterocycles. The molecular weight excluding hydrogens is 404 g/mol. The standard InChI is InChI=1S/C27H34O5/c1-17-3-6-19(24-13-23(29)26(30)25(16-28)32-24)12-20(17)11-18-4-7-21(8-5-18)31-22-14-27(15-22)9-2-10-27/h3-8,12,22-26,28-30H,2,9-11,13-16H2,1H3/t23?,24-,25?,26-/m0/s1. The lowest BCUT2D eigenvalue weighted by molar-refractivity contribution is -0.181. The zero-order valence-corrected chi connectivity index (χ0v) is 18.7. The van der Waals surface area contributed by atoms with Crippen LogP contribution in [0.25, 0.3) is 0 Å². The molecule has 0 aromatic heterocycles. The summed E-state index contributed by atoms with van der Waals surface area (Å²) in [4.78, 5) is 0. The van der Waals surface area contributed by atoms with Crippen LogP contribution in [0, 0.1) is 12.3 Å². The Morgan fingerprint density at radius 2 is 1.81 bits per heavy atom. The predicted molar refractivity (Wildman–Crippen MR) is 122 cm³/mol. The minimum Gasteiger partial charge on any atom is -0.490 e. The number of hydrogen-bond acceptors (Lipinski definition) is 5. The molecule has 2 aliphatic carbocycles. The Hall–Kier alpha value is -1.92. The maximum Gasteiger partial charge on any atom is 0.119 e. The van der Waals surface area contributed by atoms with E-state index >= 15 is 0 Å². The lowest BCUT2D eigenvalue weighted by Crippen LogP contribution is -2.48. The topological polar surface area (TPSA) is 79.2 Å². The largest absolute Gasteiger partial charge is 0.490 e. The molecule has 0 radical (unpaired) electrons. The van der Waals surface area contributed by atoms with Gasteiger partial charge in [-0.15, -0.1) is 0 Å². The molecule has 3 N–H and O–H groups in total. The summed E-state index contributed by atoms with van der Waals surface area (Å²) >= 11 is 0. The highest BCUT2D eigenvalue weighted by atomic mass is 16.5. The Bertz CT molecular complexity index is 928. The number of aliphatic hydroxyl groups is 3. The van der Waals surface area contributed by atoms with Gasteiger partial charge in [0.25, 0.3) is 0 Å². The molecule has 4 atom stereocenters. The van der Waals surface area contributed by atoms with Crippen LogP contribution in [0.15, 0.2) is 42.5 Å². The molecule has 2 saturated carbocycles. The Morgan fingerprint density at radius 3 is 2.47 bits per heavy atom. The van der Waals surface area contributed by atoms with Crippen LogP contribution >= 0.6 is 0 Å². The van der Waals surface area contributed by atoms with E-state index in [1.54, 1.807) is 0 Å². The number of ether oxygens (including phenoxy) is 2. The van der Waals surface area contributed by atoms with Gasteiger partial charge in [-0.1, -0.05) is 36.8 Å². The van der Waals surface area contributed by atoms with Gasteiger partial charge in [0.1, 0.15) is 18.0 Å². The van der Waals surface area contributed by atoms with Crippen LogP contribution in [0.2, 0.25) is 0 Å². The van der Waals surface area contributed by atoms with Gasteiger partial charge in [0.05, 0.1) is 24.9 Å². The van der Waals surface area contributed by atoms with Crippen LogP contribution in [0.1, 0.15) is 66.9 Å². The van der Waals surface area contributed by atoms with E-state index in [0.717, 1.165) is 17.7 Å². The van der Waals surface area contributed by atoms with Crippen molar-refractivity contribution in [2.45, 2.75) is 82.4 Å². The average Bonchev–Trinajstić information content (AvgIpc) is 2.73. The van der Waals surface area contributed by atoms with Gasteiger partial charge in [0, 0.05) is 6.42 Å². The van der Waals surface area contributed by atoms with E-state index in [0.29, 0.717) is 17.9 Å². The molecule has 5 nitrogen and oxygen atoms in total. The van der Waals surface area contributed by atoms with Gasteiger partial charge in [0.2, 0.25) is 0 Å². The molecule has 32 heavy (non-hydrogen) atoms. The van der Waals surface area contributed by atoms with E-state index in [1.807, 2.05) is 6.07 Å². The summed E-state index contributed by atoms with van der Waals surface area (Å²) in [6.45, 7) is 1.78. The second-order valence-corrected chi connectivity index (χ2v) is 10.1. The van der Waals surface area contributed by atoms with E-state index in [9.17, 15) is 15.3 Å². The van der Waals surface area contributed by atoms with Crippen molar-refractivity contribution in [3.05, 3.63) is 64.7 Å². The van der Waals surface area contributed by atoms with Crippen LogP contribution in [0.3, 0.4) is 0 Å². The van der Waals surface area contributed by atoms with Gasteiger partial charge in [-0.3, -0.25) is 0 Å². The molecule has 2 aromatic carbocycles. The van der Waals surface area contributed by atoms with Gasteiger partial charge < -0.3 is 24.8 Å². The van der Waals surface area contributed by atoms with Crippen molar-refractivity contribution in [3.63, 3.8) is 0 Å². The lowest BCUT2D eigenvalue weighted by atomic mass is 9.55. The third-order valence-corrected chi connectivity index (χ3v) is 7.85. The summed E-state index contributed by atoms with van der Waals surface area (Å²) in [7, 11) is 0. The SMILES string of the molecule is Cc1ccc([C@@H]2CC(O)[C@H](O)C(CO)O2)cc1Cc1ccc(OC2CC3(CCC3)C2)cc1. The van der Waals surface area contributed by atoms with E-state index in [1.165, 1.54) is 48.8 Å². The van der Waals surface area contributed by atoms with Crippen molar-refractivity contribution < 1.29 is 24.8 Å². The smallest absolute Gasteiger partial charge is 0.119 e. The molecule has 0 amide bonds. The minimum atomic E-state index is -1.05. The van der Waals surface area contributed by atoms with Crippen molar-refractivity contribution in [2.75, 3.05) is 6.61 Å². The van der Waals surface area contributed by atoms with Crippen LogP contribution in [-0.4, -0.2) is 46.3 Å². The number of aliphatic hydroxyl groups excluding tert-OH is 3. The predicted octanol–water partition coefficient (Wildman–Crippen LogP) is 3.84. The van der Waals surface area contributed by atoms with E-state index in [2.05, 4.69) is 43.3 Å². The van der Waals surface area contributed by atoms with E-state index in [4.69, 9.17) is 9.47 Å². The number of rotatable bonds is 6. The highest BCUT2D eigenvalue weighted by Crippen LogP contribution is 2.56. The number of benzene rings is 2. The Balaban J connectivity index is 1.23. The normalized spacial score (nSPS) is 29.4. The molecular formula is C27H34O5. The third kappa shape index (κ3) is 4.32. The Kier molecular flexibility index (Phi) is 6.01. The first kappa shape index (κ1) is 21.9. The first-order valence-electron chi connectivity index (χ1n) is 11.9. The molecule has 1 spiro atoms. The van der Waals surface area contributed by atoms with Crippen molar-refractivity contribution in [1.29, 1.82) is 0 Å². The molecule has 2 aromatic rings. The third-order valence-electron chi connectivity index (χ3n) is 7.85. The fourth-order valence-corrected chi connectivity index (χ4v) is 5.57. The zero-order valence-electron chi connectivity index (χ0n) is 18.7. The summed E-state index contributed by atoms with van der Waals surface area (Å²) in [6, 6.07) is 14.6. The Morgan fingerprint density at radius 1 is 1.06 bits per heavy atom. The molecule has 3 fully saturated rings. The number of aryl methyl sites for hydroxylation is 1. The van der Waals surface area contributed by atoms with Crippen molar-refractivity contribution in [2.24, 2.45) is 5.41 Å². The Labute approximate surface area is 190 Å². The van der Waals surface area contributed by atoms with Crippen LogP contribution in [0.4, 0.5) is 0 Å². The maximum absolute atomic E-state index is 10.2. The number of hydrogen-bond donors (Lipinski definition) is 3. The fraction of sp³-hybridized carbons (Fsp3) is 0.556. The quantitative estimate of drug-likeness (QED) is 0.639. The van der Waals surface area contributed by atoms with Crippen molar-refractivity contribution in [1.82, 2.24) is 0 Å². The van der Waals surface area contributed by atoms with Gasteiger partial charge in [-0.2, -0.15) is 0 Å². The van der Waals surface area contributed by atoms with Crippen LogP contribution in [-0.2, 0) is 11.2 Å². The van der Waals surface area contributed by atoms with Gasteiger partial charge >= 0.3 is 0 Å². The molecule has 1 heterocycles. The van der Waals surface area contributed by atoms with Crippen LogP contribution in [0.5, 0.6) is 5.75 Å². The molecule has 5 heteroatoms. The first-order valence-corrected chi connectivity index (χ1v) is 11.9. The first-order chi connectivity index (χ1) is 15.4. The zero-order chi connectivity index (χ0) is 22.3. The maximum atomic E-state index is 10.2. The monoisotopic (exact) mass is 438 g/mol. The van der Waals surface area contributed by atoms with E-state index in [-0.39, 0.29) is 12.7 Å². The minimum absolute atomic E-state index is 0.314. The fourth-order valence-electron chi connectivity index (χ4n) is 5.57. The summed E-state index contributed by atoms with van der Waals surface area (Å²) in [5, 5.41) is 29.6. The average molecular weight is 439 g/mol.